The van der Waals surface area contributed by atoms with Gasteiger partial charge in [0.1, 0.15) is 5.82 Å². The highest BCUT2D eigenvalue weighted by Crippen LogP contribution is 2.10. The molecule has 0 radical (unpaired) electrons. The number of amides is 1. The molecule has 0 aliphatic rings. The number of hydrogen-bond acceptors (Lipinski definition) is 3. The minimum atomic E-state index is -3.73. The van der Waals surface area contributed by atoms with Crippen LogP contribution in [-0.4, -0.2) is 32.3 Å². The molecule has 1 amide bonds. The van der Waals surface area contributed by atoms with E-state index in [2.05, 4.69) is 4.72 Å². The maximum Gasteiger partial charge on any atom is 0.240 e. The molecule has 2 rings (SSSR count). The largest absolute Gasteiger partial charge is 0.337 e. The van der Waals surface area contributed by atoms with Gasteiger partial charge in [0.25, 0.3) is 0 Å². The Labute approximate surface area is 147 Å². The van der Waals surface area contributed by atoms with Gasteiger partial charge in [-0.15, -0.1) is 0 Å². The van der Waals surface area contributed by atoms with Gasteiger partial charge in [-0.3, -0.25) is 4.79 Å². The number of nitrogens with one attached hydrogen (secondary N) is 1. The van der Waals surface area contributed by atoms with Crippen LogP contribution in [0.5, 0.6) is 0 Å². The van der Waals surface area contributed by atoms with Crippen LogP contribution in [0.3, 0.4) is 0 Å². The van der Waals surface area contributed by atoms with Gasteiger partial charge in [0.2, 0.25) is 15.9 Å². The Kier molecular flexibility index (Phi) is 6.27. The Hall–Kier alpha value is -2.25. The van der Waals surface area contributed by atoms with Crippen molar-refractivity contribution in [2.75, 3.05) is 13.1 Å². The predicted molar refractivity (Wildman–Crippen MR) is 93.9 cm³/mol. The van der Waals surface area contributed by atoms with Crippen LogP contribution in [-0.2, 0) is 21.4 Å². The van der Waals surface area contributed by atoms with Crippen molar-refractivity contribution in [1.82, 2.24) is 9.62 Å². The fourth-order valence-corrected chi connectivity index (χ4v) is 3.41. The average molecular weight is 364 g/mol. The molecule has 0 bridgehead atoms. The molecule has 134 valence electrons. The summed E-state index contributed by atoms with van der Waals surface area (Å²) in [4.78, 5) is 13.4. The Morgan fingerprint density at radius 3 is 2.44 bits per heavy atom. The number of halogens is 1. The number of benzene rings is 2. The van der Waals surface area contributed by atoms with Crippen LogP contribution in [0.1, 0.15) is 18.1 Å². The van der Waals surface area contributed by atoms with Crippen LogP contribution in [0.25, 0.3) is 0 Å². The zero-order valence-corrected chi connectivity index (χ0v) is 15.0. The van der Waals surface area contributed by atoms with Crippen LogP contribution in [0.2, 0.25) is 0 Å². The van der Waals surface area contributed by atoms with Crippen molar-refractivity contribution >= 4 is 15.9 Å². The van der Waals surface area contributed by atoms with E-state index in [9.17, 15) is 17.6 Å². The highest BCUT2D eigenvalue weighted by atomic mass is 32.2. The molecular formula is C18H21FN2O3S. The van der Waals surface area contributed by atoms with E-state index in [4.69, 9.17) is 0 Å². The van der Waals surface area contributed by atoms with E-state index >= 15 is 0 Å². The van der Waals surface area contributed by atoms with E-state index in [0.29, 0.717) is 6.54 Å². The maximum atomic E-state index is 12.9. The number of nitrogens with zero attached hydrogens (tertiary/aromatic N) is 1. The third kappa shape index (κ3) is 5.65. The van der Waals surface area contributed by atoms with Gasteiger partial charge >= 0.3 is 0 Å². The summed E-state index contributed by atoms with van der Waals surface area (Å²) in [6.07, 6.45) is 0. The molecule has 0 unspecified atom stereocenters. The van der Waals surface area contributed by atoms with E-state index < -0.39 is 15.8 Å². The molecule has 2 aromatic rings. The molecule has 7 heteroatoms. The topological polar surface area (TPSA) is 66.5 Å². The van der Waals surface area contributed by atoms with Crippen molar-refractivity contribution in [1.29, 1.82) is 0 Å². The molecule has 0 spiro atoms. The fraction of sp³-hybridized carbons (Fsp3) is 0.278. The molecule has 0 fully saturated rings. The number of carbonyl (C=O) groups excluding carboxylic acids is 1. The number of rotatable bonds is 7. The molecule has 25 heavy (non-hydrogen) atoms. The van der Waals surface area contributed by atoms with E-state index in [1.807, 2.05) is 31.2 Å². The molecule has 0 atom stereocenters. The summed E-state index contributed by atoms with van der Waals surface area (Å²) in [6.45, 7) is 4.15. The Morgan fingerprint density at radius 1 is 1.16 bits per heavy atom. The van der Waals surface area contributed by atoms with Crippen molar-refractivity contribution in [2.24, 2.45) is 0 Å². The lowest BCUT2D eigenvalue weighted by Crippen LogP contribution is -2.37. The lowest BCUT2D eigenvalue weighted by atomic mass is 10.1. The van der Waals surface area contributed by atoms with Gasteiger partial charge in [-0.2, -0.15) is 0 Å². The molecule has 0 aromatic heterocycles. The lowest BCUT2D eigenvalue weighted by Gasteiger charge is -2.21. The average Bonchev–Trinajstić information content (AvgIpc) is 2.54. The van der Waals surface area contributed by atoms with Crippen molar-refractivity contribution in [2.45, 2.75) is 25.3 Å². The Bertz CT molecular complexity index is 836. The van der Waals surface area contributed by atoms with Crippen molar-refractivity contribution in [3.63, 3.8) is 0 Å². The first-order valence-corrected chi connectivity index (χ1v) is 9.32. The van der Waals surface area contributed by atoms with Crippen molar-refractivity contribution in [3.05, 3.63) is 65.5 Å². The molecule has 0 heterocycles. The highest BCUT2D eigenvalue weighted by Gasteiger charge is 2.15. The summed E-state index contributed by atoms with van der Waals surface area (Å²) in [6, 6.07) is 12.4. The van der Waals surface area contributed by atoms with E-state index in [1.165, 1.54) is 19.1 Å². The third-order valence-corrected chi connectivity index (χ3v) is 5.18. The summed E-state index contributed by atoms with van der Waals surface area (Å²) in [7, 11) is -3.73. The minimum Gasteiger partial charge on any atom is -0.337 e. The second-order valence-corrected chi connectivity index (χ2v) is 7.55. The molecule has 0 saturated carbocycles. The number of aryl methyl sites for hydroxylation is 1. The summed E-state index contributed by atoms with van der Waals surface area (Å²) >= 11 is 0. The van der Waals surface area contributed by atoms with Crippen LogP contribution in [0.4, 0.5) is 4.39 Å². The van der Waals surface area contributed by atoms with Crippen LogP contribution in [0, 0.1) is 12.7 Å². The maximum absolute atomic E-state index is 12.9. The first-order valence-electron chi connectivity index (χ1n) is 7.84. The van der Waals surface area contributed by atoms with Gasteiger partial charge < -0.3 is 4.90 Å². The van der Waals surface area contributed by atoms with Crippen LogP contribution >= 0.6 is 0 Å². The molecule has 0 aliphatic carbocycles. The predicted octanol–water partition coefficient (Wildman–Crippen LogP) is 2.46. The highest BCUT2D eigenvalue weighted by molar-refractivity contribution is 7.89. The van der Waals surface area contributed by atoms with Crippen LogP contribution < -0.4 is 4.72 Å². The number of sulfonamides is 1. The van der Waals surface area contributed by atoms with Crippen molar-refractivity contribution in [3.8, 4) is 0 Å². The van der Waals surface area contributed by atoms with E-state index in [0.717, 1.165) is 23.3 Å². The van der Waals surface area contributed by atoms with Gasteiger partial charge in [0.15, 0.2) is 0 Å². The minimum absolute atomic E-state index is 0.0121. The van der Waals surface area contributed by atoms with Gasteiger partial charge in [-0.25, -0.2) is 17.5 Å². The van der Waals surface area contributed by atoms with Gasteiger partial charge in [-0.05, 0) is 36.8 Å². The Balaban J connectivity index is 1.97. The van der Waals surface area contributed by atoms with E-state index in [1.54, 1.807) is 4.90 Å². The zero-order valence-electron chi connectivity index (χ0n) is 14.2. The van der Waals surface area contributed by atoms with Gasteiger partial charge in [0, 0.05) is 26.6 Å². The zero-order chi connectivity index (χ0) is 18.4. The normalized spacial score (nSPS) is 11.3. The van der Waals surface area contributed by atoms with Crippen LogP contribution in [0.15, 0.2) is 53.4 Å². The van der Waals surface area contributed by atoms with Gasteiger partial charge in [0.05, 0.1) is 4.90 Å². The lowest BCUT2D eigenvalue weighted by molar-refractivity contribution is -0.129. The summed E-state index contributed by atoms with van der Waals surface area (Å²) in [5.74, 6) is -0.637. The monoisotopic (exact) mass is 364 g/mol. The molecule has 1 N–H and O–H groups in total. The standard InChI is InChI=1S/C18H21FN2O3S/c1-14-4-3-5-16(12-14)13-21(15(2)22)11-10-20-25(23,24)18-8-6-17(19)7-9-18/h3-9,12,20H,10-11,13H2,1-2H3. The Morgan fingerprint density at radius 2 is 1.84 bits per heavy atom. The van der Waals surface area contributed by atoms with E-state index in [-0.39, 0.29) is 23.9 Å². The molecule has 0 saturated heterocycles. The number of hydrogen-bond donors (Lipinski definition) is 1. The summed E-state index contributed by atoms with van der Waals surface area (Å²) < 4.78 is 39.7. The smallest absolute Gasteiger partial charge is 0.240 e. The first-order chi connectivity index (χ1) is 11.8. The number of carbonyl (C=O) groups is 1. The third-order valence-electron chi connectivity index (χ3n) is 3.70. The first kappa shape index (κ1) is 19.1. The summed E-state index contributed by atoms with van der Waals surface area (Å²) in [5, 5.41) is 0. The van der Waals surface area contributed by atoms with Gasteiger partial charge in [-0.1, -0.05) is 29.8 Å². The second kappa shape index (κ2) is 8.22. The molecule has 0 aliphatic heterocycles. The quantitative estimate of drug-likeness (QED) is 0.821. The fourth-order valence-electron chi connectivity index (χ4n) is 2.39. The SMILES string of the molecule is CC(=O)N(CCNS(=O)(=O)c1ccc(F)cc1)Cc1cccc(C)c1. The molecule has 5 nitrogen and oxygen atoms in total. The molecular weight excluding hydrogens is 343 g/mol. The summed E-state index contributed by atoms with van der Waals surface area (Å²) in [5.41, 5.74) is 2.08. The second-order valence-electron chi connectivity index (χ2n) is 5.78. The molecule has 2 aromatic carbocycles. The van der Waals surface area contributed by atoms with Crippen molar-refractivity contribution < 1.29 is 17.6 Å².